The molecule has 160 valence electrons. The summed E-state index contributed by atoms with van der Waals surface area (Å²) in [6.45, 7) is 0.691. The maximum absolute atomic E-state index is 12.7. The van der Waals surface area contributed by atoms with E-state index in [9.17, 15) is 22.8 Å². The van der Waals surface area contributed by atoms with Crippen molar-refractivity contribution in [2.75, 3.05) is 32.3 Å². The van der Waals surface area contributed by atoms with E-state index in [2.05, 4.69) is 10.6 Å². The second kappa shape index (κ2) is 8.44. The molecule has 0 atom stereocenters. The Kier molecular flexibility index (Phi) is 6.13. The Morgan fingerprint density at radius 3 is 2.37 bits per heavy atom. The zero-order valence-corrected chi connectivity index (χ0v) is 18.3. The molecule has 11 heteroatoms. The van der Waals surface area contributed by atoms with Crippen LogP contribution < -0.4 is 10.6 Å². The zero-order chi connectivity index (χ0) is 22.1. The Morgan fingerprint density at radius 2 is 1.80 bits per heavy atom. The van der Waals surface area contributed by atoms with Crippen molar-refractivity contribution in [2.24, 2.45) is 0 Å². The zero-order valence-electron chi connectivity index (χ0n) is 16.6. The number of thiophene rings is 1. The highest BCUT2D eigenvalue weighted by molar-refractivity contribution is 7.90. The second-order valence-corrected chi connectivity index (χ2v) is 9.80. The Hall–Kier alpha value is -2.92. The fourth-order valence-electron chi connectivity index (χ4n) is 3.17. The molecule has 0 saturated carbocycles. The predicted molar refractivity (Wildman–Crippen MR) is 112 cm³/mol. The lowest BCUT2D eigenvalue weighted by Gasteiger charge is -2.25. The highest BCUT2D eigenvalue weighted by Crippen LogP contribution is 2.37. The van der Waals surface area contributed by atoms with E-state index in [1.54, 1.807) is 0 Å². The summed E-state index contributed by atoms with van der Waals surface area (Å²) in [6.07, 6.45) is 1.10. The van der Waals surface area contributed by atoms with Crippen LogP contribution in [-0.2, 0) is 27.5 Å². The molecule has 30 heavy (non-hydrogen) atoms. The van der Waals surface area contributed by atoms with Crippen LogP contribution in [0.2, 0.25) is 0 Å². The quantitative estimate of drug-likeness (QED) is 0.732. The van der Waals surface area contributed by atoms with E-state index in [4.69, 9.17) is 4.74 Å². The summed E-state index contributed by atoms with van der Waals surface area (Å²) in [4.78, 5) is 39.5. The summed E-state index contributed by atoms with van der Waals surface area (Å²) in [5.41, 5.74) is 1.43. The molecule has 2 N–H and O–H groups in total. The fourth-order valence-corrected chi connectivity index (χ4v) is 5.06. The molecule has 0 unspecified atom stereocenters. The number of benzene rings is 1. The van der Waals surface area contributed by atoms with Gasteiger partial charge in [0.05, 0.1) is 24.1 Å². The van der Waals surface area contributed by atoms with Crippen LogP contribution in [0.3, 0.4) is 0 Å². The number of nitrogens with one attached hydrogen (secondary N) is 2. The number of amides is 3. The first-order valence-corrected chi connectivity index (χ1v) is 11.7. The van der Waals surface area contributed by atoms with E-state index in [0.29, 0.717) is 23.5 Å². The van der Waals surface area contributed by atoms with E-state index < -0.39 is 21.8 Å². The monoisotopic (exact) mass is 451 g/mol. The molecule has 1 aromatic carbocycles. The van der Waals surface area contributed by atoms with Crippen molar-refractivity contribution in [1.29, 1.82) is 0 Å². The number of carbonyl (C=O) groups is 3. The average molecular weight is 452 g/mol. The van der Waals surface area contributed by atoms with Crippen LogP contribution in [0.5, 0.6) is 0 Å². The topological polar surface area (TPSA) is 122 Å². The number of hydrogen-bond acceptors (Lipinski definition) is 7. The van der Waals surface area contributed by atoms with Crippen molar-refractivity contribution >= 4 is 44.1 Å². The van der Waals surface area contributed by atoms with Gasteiger partial charge in [0.25, 0.3) is 11.8 Å². The molecule has 0 bridgehead atoms. The third kappa shape index (κ3) is 4.31. The molecule has 2 heterocycles. The van der Waals surface area contributed by atoms with Crippen LogP contribution in [0.15, 0.2) is 29.2 Å². The van der Waals surface area contributed by atoms with Gasteiger partial charge in [-0.05, 0) is 36.2 Å². The van der Waals surface area contributed by atoms with Gasteiger partial charge in [-0.1, -0.05) is 0 Å². The molecule has 0 fully saturated rings. The first-order valence-electron chi connectivity index (χ1n) is 8.96. The Bertz CT molecular complexity index is 1110. The van der Waals surface area contributed by atoms with Gasteiger partial charge < -0.3 is 20.3 Å². The van der Waals surface area contributed by atoms with E-state index in [1.807, 2.05) is 0 Å². The van der Waals surface area contributed by atoms with Crippen molar-refractivity contribution in [3.8, 4) is 0 Å². The molecule has 0 radical (unpaired) electrons. The maximum Gasteiger partial charge on any atom is 0.409 e. The lowest BCUT2D eigenvalue weighted by molar-refractivity contribution is 0.0962. The van der Waals surface area contributed by atoms with Gasteiger partial charge in [0.1, 0.15) is 5.00 Å². The van der Waals surface area contributed by atoms with Crippen molar-refractivity contribution in [1.82, 2.24) is 10.2 Å². The molecule has 1 aromatic heterocycles. The number of nitrogens with zero attached hydrogens (tertiary/aromatic N) is 1. The summed E-state index contributed by atoms with van der Waals surface area (Å²) >= 11 is 1.23. The van der Waals surface area contributed by atoms with Gasteiger partial charge in [0.15, 0.2) is 9.84 Å². The van der Waals surface area contributed by atoms with Gasteiger partial charge in [-0.15, -0.1) is 11.3 Å². The number of hydrogen-bond donors (Lipinski definition) is 2. The third-order valence-corrected chi connectivity index (χ3v) is 6.98. The smallest absolute Gasteiger partial charge is 0.409 e. The molecule has 0 aliphatic carbocycles. The lowest BCUT2D eigenvalue weighted by atomic mass is 10.0. The van der Waals surface area contributed by atoms with Gasteiger partial charge in [0, 0.05) is 30.3 Å². The highest BCUT2D eigenvalue weighted by Gasteiger charge is 2.30. The fraction of sp³-hybridized carbons (Fsp3) is 0.316. The summed E-state index contributed by atoms with van der Waals surface area (Å²) < 4.78 is 27.9. The number of rotatable bonds is 4. The van der Waals surface area contributed by atoms with E-state index in [-0.39, 0.29) is 22.9 Å². The second-order valence-electron chi connectivity index (χ2n) is 6.68. The van der Waals surface area contributed by atoms with Crippen molar-refractivity contribution in [3.05, 3.63) is 45.8 Å². The van der Waals surface area contributed by atoms with Crippen molar-refractivity contribution in [3.63, 3.8) is 0 Å². The minimum atomic E-state index is -3.37. The number of methoxy groups -OCH3 is 1. The van der Waals surface area contributed by atoms with Crippen LogP contribution in [0.4, 0.5) is 9.80 Å². The molecular formula is C19H21N3O6S2. The first-order chi connectivity index (χ1) is 14.2. The molecule has 1 aliphatic heterocycles. The lowest BCUT2D eigenvalue weighted by Crippen LogP contribution is -2.35. The molecule has 2 aromatic rings. The van der Waals surface area contributed by atoms with Gasteiger partial charge in [-0.2, -0.15) is 0 Å². The predicted octanol–water partition coefficient (Wildman–Crippen LogP) is 1.89. The molecule has 0 saturated heterocycles. The molecule has 3 rings (SSSR count). The number of sulfone groups is 1. The van der Waals surface area contributed by atoms with Crippen molar-refractivity contribution in [2.45, 2.75) is 17.9 Å². The van der Waals surface area contributed by atoms with Gasteiger partial charge in [-0.3, -0.25) is 9.59 Å². The van der Waals surface area contributed by atoms with Crippen LogP contribution >= 0.6 is 11.3 Å². The molecule has 1 aliphatic rings. The number of anilines is 1. The van der Waals surface area contributed by atoms with Gasteiger partial charge >= 0.3 is 6.09 Å². The Morgan fingerprint density at radius 1 is 1.13 bits per heavy atom. The molecule has 3 amide bonds. The standard InChI is InChI=1S/C19H21N3O6S2/c1-20-17(24)15-13-8-9-22(19(25)28-2)10-14(13)29-18(15)21-16(23)11-4-6-12(7-5-11)30(3,26)27/h4-7H,8-10H2,1-3H3,(H,20,24)(H,21,23). The van der Waals surface area contributed by atoms with Gasteiger partial charge in [0.2, 0.25) is 0 Å². The number of carbonyl (C=O) groups excluding carboxylic acids is 3. The third-order valence-electron chi connectivity index (χ3n) is 4.72. The average Bonchev–Trinajstić information content (AvgIpc) is 3.08. The van der Waals surface area contributed by atoms with E-state index >= 15 is 0 Å². The first kappa shape index (κ1) is 21.8. The van der Waals surface area contributed by atoms with Crippen molar-refractivity contribution < 1.29 is 27.5 Å². The maximum atomic E-state index is 12.7. The minimum absolute atomic E-state index is 0.111. The largest absolute Gasteiger partial charge is 0.453 e. The summed E-state index contributed by atoms with van der Waals surface area (Å²) in [7, 11) is -0.553. The Balaban J connectivity index is 1.90. The van der Waals surface area contributed by atoms with Crippen LogP contribution in [0.1, 0.15) is 31.2 Å². The summed E-state index contributed by atoms with van der Waals surface area (Å²) in [5.74, 6) is -0.801. The van der Waals surface area contributed by atoms with Crippen LogP contribution in [0, 0.1) is 0 Å². The molecule has 9 nitrogen and oxygen atoms in total. The van der Waals surface area contributed by atoms with Gasteiger partial charge in [-0.25, -0.2) is 13.2 Å². The normalized spacial score (nSPS) is 13.4. The van der Waals surface area contributed by atoms with E-state index in [0.717, 1.165) is 16.7 Å². The van der Waals surface area contributed by atoms with E-state index in [1.165, 1.54) is 54.7 Å². The number of ether oxygens (including phenoxy) is 1. The molecule has 0 spiro atoms. The highest BCUT2D eigenvalue weighted by atomic mass is 32.2. The SMILES string of the molecule is CNC(=O)c1c(NC(=O)c2ccc(S(C)(=O)=O)cc2)sc2c1CCN(C(=O)OC)C2. The Labute approximate surface area is 177 Å². The number of fused-ring (bicyclic) bond motifs is 1. The summed E-state index contributed by atoms with van der Waals surface area (Å²) in [5, 5.41) is 5.71. The van der Waals surface area contributed by atoms with Crippen LogP contribution in [-0.4, -0.2) is 58.2 Å². The van der Waals surface area contributed by atoms with Crippen LogP contribution in [0.25, 0.3) is 0 Å². The molecular weight excluding hydrogens is 430 g/mol. The minimum Gasteiger partial charge on any atom is -0.453 e. The summed E-state index contributed by atoms with van der Waals surface area (Å²) in [6, 6.07) is 5.55.